The van der Waals surface area contributed by atoms with Crippen LogP contribution >= 0.6 is 0 Å². The second-order valence-corrected chi connectivity index (χ2v) is 28.8. The van der Waals surface area contributed by atoms with Gasteiger partial charge in [-0.25, -0.2) is 0 Å². The van der Waals surface area contributed by atoms with E-state index >= 15 is 0 Å². The molecule has 0 amide bonds. The molecule has 9 fully saturated rings. The van der Waals surface area contributed by atoms with Crippen molar-refractivity contribution in [3.05, 3.63) is 11.6 Å². The van der Waals surface area contributed by atoms with Gasteiger partial charge in [-0.1, -0.05) is 53.2 Å². The molecule has 87 heavy (non-hydrogen) atoms. The Morgan fingerprint density at radius 2 is 0.885 bits per heavy atom. The molecular formula is C59H98O28. The lowest BCUT2D eigenvalue weighted by Crippen LogP contribution is -2.69. The Kier molecular flexibility index (Phi) is 20.3. The van der Waals surface area contributed by atoms with Gasteiger partial charge in [0.05, 0.1) is 58.5 Å². The molecule has 502 valence electrons. The zero-order valence-corrected chi connectivity index (χ0v) is 50.3. The smallest absolute Gasteiger partial charge is 0.186 e. The van der Waals surface area contributed by atoms with Crippen molar-refractivity contribution in [2.24, 2.45) is 50.2 Å². The highest BCUT2D eigenvalue weighted by Gasteiger charge is 2.71. The van der Waals surface area contributed by atoms with Crippen molar-refractivity contribution in [2.75, 3.05) is 46.2 Å². The highest BCUT2D eigenvalue weighted by molar-refractivity contribution is 5.35. The lowest BCUT2D eigenvalue weighted by Gasteiger charge is -2.73. The lowest BCUT2D eigenvalue weighted by atomic mass is 9.32. The molecule has 28 heteroatoms. The second-order valence-electron chi connectivity index (χ2n) is 28.8. The van der Waals surface area contributed by atoms with Gasteiger partial charge in [0.1, 0.15) is 116 Å². The van der Waals surface area contributed by atoms with Gasteiger partial charge >= 0.3 is 0 Å². The van der Waals surface area contributed by atoms with Crippen molar-refractivity contribution in [2.45, 2.75) is 259 Å². The first-order valence-corrected chi connectivity index (χ1v) is 31.0. The molecule has 5 heterocycles. The highest BCUT2D eigenvalue weighted by atomic mass is 16.8. The quantitative estimate of drug-likeness (QED) is 0.0643. The molecule has 0 aromatic heterocycles. The van der Waals surface area contributed by atoms with Crippen LogP contribution < -0.4 is 0 Å². The van der Waals surface area contributed by atoms with Crippen LogP contribution in [0.3, 0.4) is 0 Å². The van der Waals surface area contributed by atoms with E-state index in [4.69, 9.17) is 47.4 Å². The van der Waals surface area contributed by atoms with Gasteiger partial charge in [-0.15, -0.1) is 0 Å². The van der Waals surface area contributed by atoms with Crippen LogP contribution in [0.2, 0.25) is 0 Å². The predicted molar refractivity (Wildman–Crippen MR) is 292 cm³/mol. The summed E-state index contributed by atoms with van der Waals surface area (Å²) in [5.74, 6) is -0.0594. The van der Waals surface area contributed by atoms with E-state index in [-0.39, 0.29) is 53.8 Å². The molecule has 0 aromatic carbocycles. The third-order valence-electron chi connectivity index (χ3n) is 23.3. The van der Waals surface area contributed by atoms with Crippen LogP contribution in [0, 0.1) is 50.2 Å². The van der Waals surface area contributed by atoms with Crippen LogP contribution in [0.5, 0.6) is 0 Å². The summed E-state index contributed by atoms with van der Waals surface area (Å²) in [7, 11) is 0. The fourth-order valence-electron chi connectivity index (χ4n) is 17.6. The molecule has 5 aliphatic heterocycles. The van der Waals surface area contributed by atoms with Gasteiger partial charge in [-0.3, -0.25) is 0 Å². The topological polar surface area (TPSA) is 456 Å². The van der Waals surface area contributed by atoms with Crippen LogP contribution in [0.25, 0.3) is 0 Å². The van der Waals surface area contributed by atoms with Gasteiger partial charge in [-0.05, 0) is 97.2 Å². The third kappa shape index (κ3) is 12.0. The Balaban J connectivity index is 0.802. The van der Waals surface area contributed by atoms with Gasteiger partial charge in [0.15, 0.2) is 31.5 Å². The molecule has 10 rings (SSSR count). The number of allylic oxidation sites excluding steroid dienone is 1. The number of fused-ring (bicyclic) bond motifs is 7. The van der Waals surface area contributed by atoms with Crippen LogP contribution in [0.4, 0.5) is 0 Å². The Morgan fingerprint density at radius 1 is 0.425 bits per heavy atom. The number of rotatable bonds is 16. The monoisotopic (exact) mass is 1250 g/mol. The van der Waals surface area contributed by atoms with E-state index in [0.29, 0.717) is 38.5 Å². The number of aliphatic hydroxyl groups is 18. The van der Waals surface area contributed by atoms with Crippen LogP contribution in [0.15, 0.2) is 11.6 Å². The molecule has 34 atom stereocenters. The maximum absolute atomic E-state index is 12.9. The Bertz CT molecular complexity index is 2360. The molecular weight excluding hydrogens is 1160 g/mol. The van der Waals surface area contributed by atoms with E-state index in [1.807, 2.05) is 6.92 Å². The molecule has 5 aliphatic carbocycles. The van der Waals surface area contributed by atoms with Crippen LogP contribution in [0.1, 0.15) is 99.3 Å². The Hall–Kier alpha value is -1.38. The van der Waals surface area contributed by atoms with Crippen molar-refractivity contribution >= 4 is 0 Å². The van der Waals surface area contributed by atoms with Crippen LogP contribution in [-0.2, 0) is 47.4 Å². The van der Waals surface area contributed by atoms with Crippen molar-refractivity contribution in [3.8, 4) is 0 Å². The number of hydrogen-bond donors (Lipinski definition) is 18. The zero-order valence-electron chi connectivity index (χ0n) is 50.3. The van der Waals surface area contributed by atoms with Crippen molar-refractivity contribution in [1.29, 1.82) is 0 Å². The molecule has 28 nitrogen and oxygen atoms in total. The van der Waals surface area contributed by atoms with Gasteiger partial charge in [0.25, 0.3) is 0 Å². The van der Waals surface area contributed by atoms with E-state index in [0.717, 1.165) is 24.8 Å². The molecule has 0 spiro atoms. The summed E-state index contributed by atoms with van der Waals surface area (Å²) in [6.45, 7) is 10.2. The first-order chi connectivity index (χ1) is 40.8. The minimum absolute atomic E-state index is 0.0221. The summed E-state index contributed by atoms with van der Waals surface area (Å²) in [5, 5.41) is 195. The van der Waals surface area contributed by atoms with Gasteiger partial charge < -0.3 is 139 Å². The van der Waals surface area contributed by atoms with E-state index in [2.05, 4.69) is 40.7 Å². The average Bonchev–Trinajstić information content (AvgIpc) is 0.677. The zero-order chi connectivity index (χ0) is 63.4. The third-order valence-corrected chi connectivity index (χ3v) is 23.3. The highest BCUT2D eigenvalue weighted by Crippen LogP contribution is 2.76. The number of aliphatic hydroxyl groups excluding tert-OH is 18. The van der Waals surface area contributed by atoms with Crippen LogP contribution in [-0.4, -0.2) is 298 Å². The molecule has 3 unspecified atom stereocenters. The molecule has 18 N–H and O–H groups in total. The van der Waals surface area contributed by atoms with Crippen molar-refractivity contribution in [3.63, 3.8) is 0 Å². The van der Waals surface area contributed by atoms with Gasteiger partial charge in [0, 0.05) is 10.8 Å². The summed E-state index contributed by atoms with van der Waals surface area (Å²) in [5.41, 5.74) is -2.27. The van der Waals surface area contributed by atoms with Crippen molar-refractivity contribution < 1.29 is 139 Å². The number of hydrogen-bond acceptors (Lipinski definition) is 28. The predicted octanol–water partition coefficient (Wildman–Crippen LogP) is -5.16. The van der Waals surface area contributed by atoms with E-state index in [1.165, 1.54) is 0 Å². The average molecular weight is 1260 g/mol. The molecule has 10 aliphatic rings. The Morgan fingerprint density at radius 3 is 1.40 bits per heavy atom. The van der Waals surface area contributed by atoms with Gasteiger partial charge in [-0.2, -0.15) is 0 Å². The lowest BCUT2D eigenvalue weighted by molar-refractivity contribution is -0.342. The van der Waals surface area contributed by atoms with E-state index < -0.39 is 202 Å². The fourth-order valence-corrected chi connectivity index (χ4v) is 17.6. The normalized spacial score (nSPS) is 55.2. The standard InChI is InChI=1S/C59H98O28/c1-54(2)13-14-59(23-83-53-48(77)43(72)39(68)30(87-53)20-80-50-45(74)40(69)36(65)27(17-60)84-50)25(15-54)24-7-8-32-55(3)11-10-33(62)56(4,31(55)9-12-57(32,5)58(24,6)16-34(59)63)22-82-52-47(76)42(71)38(67)29(86-52)21-81-51-46(75)41(70)37(66)28(85-51)19-79-49-44(73)35(64)26(61)18-78-49/h15,24,26-53,60-77H,7-14,16-23H2,1-6H3/t24?,26-,27-,28-,29-,30-,31?,32?,33+,34+,35+,36-,37-,38-,39-,40+,41+,42+,43+,44-,45-,46-,47-,48-,49+,50-,51-,52-,53-,55+,56+,57-,58-,59-/m1/s1. The van der Waals surface area contributed by atoms with Gasteiger partial charge in [0.2, 0.25) is 0 Å². The summed E-state index contributed by atoms with van der Waals surface area (Å²) in [6.07, 6.45) is -32.6. The first kappa shape index (κ1) is 68.5. The minimum Gasteiger partial charge on any atom is -0.394 e. The summed E-state index contributed by atoms with van der Waals surface area (Å²) >= 11 is 0. The largest absolute Gasteiger partial charge is 0.394 e. The molecule has 0 aromatic rings. The number of ether oxygens (including phenoxy) is 10. The van der Waals surface area contributed by atoms with Crippen molar-refractivity contribution in [1.82, 2.24) is 0 Å². The molecule has 5 saturated heterocycles. The molecule has 0 bridgehead atoms. The summed E-state index contributed by atoms with van der Waals surface area (Å²) < 4.78 is 58.4. The molecule has 4 saturated carbocycles. The minimum atomic E-state index is -1.84. The summed E-state index contributed by atoms with van der Waals surface area (Å²) in [4.78, 5) is 0. The fraction of sp³-hybridized carbons (Fsp3) is 0.966. The van der Waals surface area contributed by atoms with E-state index in [9.17, 15) is 91.9 Å². The summed E-state index contributed by atoms with van der Waals surface area (Å²) in [6, 6.07) is 0. The maximum atomic E-state index is 12.9. The Labute approximate surface area is 505 Å². The molecule has 0 radical (unpaired) electrons. The second kappa shape index (κ2) is 25.7. The first-order valence-electron chi connectivity index (χ1n) is 31.0. The SMILES string of the molecule is CC1(C)C=C2C3CCC4[C@@]5(C)CC[C@H](O)[C@@](C)(CO[C@@H]6O[C@H](CO[C@@H]7O[C@H](CO[C@@H]8OC[C@@H](O)[C@H](O)[C@H]8O)[C@@H](O)[C@H](O)[C@H]7O)[C@@H](O)[C@H](O)[C@H]6O)C5CC[C@@]4(C)[C@]3(C)C[C@H](O)[C@@]2(CO[C@@H]2O[C@H](CO[C@@H]3O[C@H](CO)[C@@H](O)[C@H](O)[C@H]3O)[C@@H](O)[C@H](O)[C@H]2O)CC1. The van der Waals surface area contributed by atoms with E-state index in [1.54, 1.807) is 0 Å². The maximum Gasteiger partial charge on any atom is 0.186 e.